The minimum absolute atomic E-state index is 0.0302. The van der Waals surface area contributed by atoms with Gasteiger partial charge in [-0.2, -0.15) is 0 Å². The third-order valence-corrected chi connectivity index (χ3v) is 3.27. The first-order valence-corrected chi connectivity index (χ1v) is 6.55. The first-order chi connectivity index (χ1) is 8.25. The zero-order valence-corrected chi connectivity index (χ0v) is 10.2. The van der Waals surface area contributed by atoms with Crippen LogP contribution in [0.1, 0.15) is 25.7 Å². The molecule has 0 aromatic rings. The lowest BCUT2D eigenvalue weighted by molar-refractivity contribution is -0.123. The Bertz CT molecular complexity index is 287. The van der Waals surface area contributed by atoms with Crippen LogP contribution < -0.4 is 11.1 Å². The Morgan fingerprint density at radius 1 is 1.41 bits per heavy atom. The van der Waals surface area contributed by atoms with Crippen LogP contribution in [0.2, 0.25) is 0 Å². The molecule has 4 heteroatoms. The van der Waals surface area contributed by atoms with Crippen LogP contribution in [-0.4, -0.2) is 31.7 Å². The van der Waals surface area contributed by atoms with Gasteiger partial charge in [0.15, 0.2) is 0 Å². The van der Waals surface area contributed by atoms with E-state index >= 15 is 0 Å². The maximum atomic E-state index is 11.7. The second-order valence-electron chi connectivity index (χ2n) is 5.05. The molecule has 1 amide bonds. The average Bonchev–Trinajstić information content (AvgIpc) is 3.04. The molecule has 2 atom stereocenters. The maximum absolute atomic E-state index is 11.7. The van der Waals surface area contributed by atoms with Gasteiger partial charge in [-0.05, 0) is 31.6 Å². The number of ether oxygens (including phenoxy) is 1. The van der Waals surface area contributed by atoms with Crippen molar-refractivity contribution in [2.75, 3.05) is 19.8 Å². The largest absolute Gasteiger partial charge is 0.381 e. The molecule has 0 heterocycles. The Kier molecular flexibility index (Phi) is 4.57. The molecule has 0 spiro atoms. The van der Waals surface area contributed by atoms with E-state index in [-0.39, 0.29) is 17.9 Å². The lowest BCUT2D eigenvalue weighted by atomic mass is 10.1. The van der Waals surface area contributed by atoms with Gasteiger partial charge in [0.25, 0.3) is 0 Å². The van der Waals surface area contributed by atoms with Gasteiger partial charge in [0.2, 0.25) is 5.91 Å². The molecule has 2 aliphatic rings. The fourth-order valence-electron chi connectivity index (χ4n) is 1.97. The van der Waals surface area contributed by atoms with E-state index in [0.717, 1.165) is 32.0 Å². The molecule has 96 valence electrons. The quantitative estimate of drug-likeness (QED) is 0.510. The highest BCUT2D eigenvalue weighted by Gasteiger charge is 2.22. The monoisotopic (exact) mass is 238 g/mol. The summed E-state index contributed by atoms with van der Waals surface area (Å²) in [6, 6.07) is 0.0487. The third-order valence-electron chi connectivity index (χ3n) is 3.27. The summed E-state index contributed by atoms with van der Waals surface area (Å²) < 4.78 is 5.50. The first-order valence-electron chi connectivity index (χ1n) is 6.55. The number of hydrogen-bond donors (Lipinski definition) is 2. The van der Waals surface area contributed by atoms with Crippen molar-refractivity contribution in [3.63, 3.8) is 0 Å². The molecule has 0 aliphatic heterocycles. The number of carbonyl (C=O) groups is 1. The molecular formula is C13H22N2O2. The van der Waals surface area contributed by atoms with E-state index in [1.165, 1.54) is 12.8 Å². The average molecular weight is 238 g/mol. The number of amides is 1. The number of hydrogen-bond acceptors (Lipinski definition) is 3. The van der Waals surface area contributed by atoms with Crippen LogP contribution >= 0.6 is 0 Å². The highest BCUT2D eigenvalue weighted by Crippen LogP contribution is 2.28. The van der Waals surface area contributed by atoms with Crippen LogP contribution in [0.3, 0.4) is 0 Å². The number of carbonyl (C=O) groups excluding carboxylic acids is 1. The van der Waals surface area contributed by atoms with E-state index in [9.17, 15) is 4.79 Å². The first kappa shape index (κ1) is 12.6. The van der Waals surface area contributed by atoms with E-state index < -0.39 is 0 Å². The predicted molar refractivity (Wildman–Crippen MR) is 66.4 cm³/mol. The summed E-state index contributed by atoms with van der Waals surface area (Å²) in [6.07, 6.45) is 8.09. The van der Waals surface area contributed by atoms with Crippen molar-refractivity contribution >= 4 is 5.91 Å². The van der Waals surface area contributed by atoms with Crippen LogP contribution in [0.5, 0.6) is 0 Å². The lowest BCUT2D eigenvalue weighted by Gasteiger charge is -2.10. The molecule has 17 heavy (non-hydrogen) atoms. The van der Waals surface area contributed by atoms with Crippen LogP contribution in [0, 0.1) is 11.8 Å². The van der Waals surface area contributed by atoms with Crippen LogP contribution in [0.25, 0.3) is 0 Å². The summed E-state index contributed by atoms with van der Waals surface area (Å²) >= 11 is 0. The topological polar surface area (TPSA) is 64.4 Å². The van der Waals surface area contributed by atoms with Crippen molar-refractivity contribution in [1.29, 1.82) is 0 Å². The Balaban J connectivity index is 1.46. The van der Waals surface area contributed by atoms with Crippen LogP contribution in [-0.2, 0) is 9.53 Å². The molecule has 2 unspecified atom stereocenters. The summed E-state index contributed by atoms with van der Waals surface area (Å²) in [7, 11) is 0. The van der Waals surface area contributed by atoms with Gasteiger partial charge in [-0.25, -0.2) is 0 Å². The van der Waals surface area contributed by atoms with Crippen LogP contribution in [0.15, 0.2) is 12.2 Å². The van der Waals surface area contributed by atoms with E-state index in [1.54, 1.807) is 0 Å². The zero-order chi connectivity index (χ0) is 12.1. The predicted octanol–water partition coefficient (Wildman–Crippen LogP) is 0.823. The summed E-state index contributed by atoms with van der Waals surface area (Å²) in [6.45, 7) is 2.34. The molecular weight excluding hydrogens is 216 g/mol. The molecule has 0 aromatic heterocycles. The Morgan fingerprint density at radius 3 is 2.88 bits per heavy atom. The molecule has 0 saturated heterocycles. The summed E-state index contributed by atoms with van der Waals surface area (Å²) in [5.41, 5.74) is 5.70. The van der Waals surface area contributed by atoms with Gasteiger partial charge in [-0.3, -0.25) is 4.79 Å². The Labute approximate surface area is 103 Å². The highest BCUT2D eigenvalue weighted by molar-refractivity contribution is 5.81. The van der Waals surface area contributed by atoms with Gasteiger partial charge < -0.3 is 15.8 Å². The second kappa shape index (κ2) is 6.17. The third kappa shape index (κ3) is 4.48. The van der Waals surface area contributed by atoms with Gasteiger partial charge in [0.05, 0.1) is 5.92 Å². The van der Waals surface area contributed by atoms with Gasteiger partial charge in [0.1, 0.15) is 0 Å². The van der Waals surface area contributed by atoms with E-state index in [4.69, 9.17) is 10.5 Å². The maximum Gasteiger partial charge on any atom is 0.226 e. The van der Waals surface area contributed by atoms with E-state index in [2.05, 4.69) is 5.32 Å². The fraction of sp³-hybridized carbons (Fsp3) is 0.769. The van der Waals surface area contributed by atoms with Crippen molar-refractivity contribution in [2.24, 2.45) is 17.6 Å². The Morgan fingerprint density at radius 2 is 2.24 bits per heavy atom. The SMILES string of the molecule is NC1C=CC(C(=O)NCCCOCC2CC2)C1. The zero-order valence-electron chi connectivity index (χ0n) is 10.2. The van der Waals surface area contributed by atoms with Crippen molar-refractivity contribution in [1.82, 2.24) is 5.32 Å². The molecule has 2 aliphatic carbocycles. The molecule has 0 radical (unpaired) electrons. The molecule has 0 aromatic carbocycles. The summed E-state index contributed by atoms with van der Waals surface area (Å²) in [4.78, 5) is 11.7. The number of rotatable bonds is 7. The minimum Gasteiger partial charge on any atom is -0.381 e. The number of nitrogens with two attached hydrogens (primary N) is 1. The number of nitrogens with one attached hydrogen (secondary N) is 1. The lowest BCUT2D eigenvalue weighted by Crippen LogP contribution is -2.31. The van der Waals surface area contributed by atoms with Crippen LogP contribution in [0.4, 0.5) is 0 Å². The smallest absolute Gasteiger partial charge is 0.226 e. The molecule has 1 saturated carbocycles. The molecule has 1 fully saturated rings. The van der Waals surface area contributed by atoms with E-state index in [1.807, 2.05) is 12.2 Å². The molecule has 0 bridgehead atoms. The van der Waals surface area contributed by atoms with Crippen molar-refractivity contribution in [3.05, 3.63) is 12.2 Å². The summed E-state index contributed by atoms with van der Waals surface area (Å²) in [5.74, 6) is 0.878. The van der Waals surface area contributed by atoms with Crippen molar-refractivity contribution in [3.8, 4) is 0 Å². The van der Waals surface area contributed by atoms with Gasteiger partial charge in [-0.15, -0.1) is 0 Å². The highest BCUT2D eigenvalue weighted by atomic mass is 16.5. The van der Waals surface area contributed by atoms with Gasteiger partial charge in [0, 0.05) is 25.8 Å². The van der Waals surface area contributed by atoms with E-state index in [0.29, 0.717) is 6.54 Å². The standard InChI is InChI=1S/C13H22N2O2/c14-12-5-4-11(8-12)13(16)15-6-1-7-17-9-10-2-3-10/h4-5,10-12H,1-3,6-9,14H2,(H,15,16). The van der Waals surface area contributed by atoms with Crippen molar-refractivity contribution < 1.29 is 9.53 Å². The van der Waals surface area contributed by atoms with Gasteiger partial charge >= 0.3 is 0 Å². The van der Waals surface area contributed by atoms with Crippen molar-refractivity contribution in [2.45, 2.75) is 31.7 Å². The van der Waals surface area contributed by atoms with Gasteiger partial charge in [-0.1, -0.05) is 12.2 Å². The Hall–Kier alpha value is -0.870. The fourth-order valence-corrected chi connectivity index (χ4v) is 1.97. The molecule has 4 nitrogen and oxygen atoms in total. The minimum atomic E-state index is -0.0302. The molecule has 2 rings (SSSR count). The summed E-state index contributed by atoms with van der Waals surface area (Å²) in [5, 5.41) is 2.92. The second-order valence-corrected chi connectivity index (χ2v) is 5.05. The normalized spacial score (nSPS) is 27.4. The molecule has 3 N–H and O–H groups in total.